The molecule has 1 saturated carbocycles. The van der Waals surface area contributed by atoms with Crippen molar-refractivity contribution in [3.8, 4) is 0 Å². The fourth-order valence-corrected chi connectivity index (χ4v) is 18.2. The standard InChI is InChI=1S/C86H90N6O10/c1-5-9-13-17-23-49(24-18-14-10-6-2)91-83(99)63-41-33-55-51-29-37-59-75-60(38-30-52(71(51)75)56-34-42-64(84(91)100)77(63)73(55)56)80(96)89(79(59)95)47-45-69(93)87-67-27-21-22-28-68(67)88-70(94)46-48-90-81(97)61-39-31-53-57-35-43-65-78-66(44-36-58(74(57)78)54-32-40-62(82(90)98)76(61)72(53)54)86(102)92(85(65)101)50(25-19-15-11-7-3)26-20-16-12-8-4/h29-44,49-50,67-68H,5-28,45-48H2,1-4H3,(H,87,93)(H,88,94)/t67-,68-/m0/s1. The molecule has 15 rings (SSSR count). The summed E-state index contributed by atoms with van der Waals surface area (Å²) in [5.74, 6) is -3.91. The number of carbonyl (C=O) groups excluding carboxylic acids is 10. The van der Waals surface area contributed by atoms with E-state index in [4.69, 9.17) is 0 Å². The molecular formula is C86H90N6O10. The third-order valence-corrected chi connectivity index (χ3v) is 23.4. The molecule has 102 heavy (non-hydrogen) atoms. The molecule has 0 spiro atoms. The van der Waals surface area contributed by atoms with Crippen LogP contribution in [-0.2, 0) is 9.59 Å². The van der Waals surface area contributed by atoms with Gasteiger partial charge in [0, 0.05) is 116 Å². The third-order valence-electron chi connectivity index (χ3n) is 23.4. The third kappa shape index (κ3) is 11.4. The Hall–Kier alpha value is -9.70. The summed E-state index contributed by atoms with van der Waals surface area (Å²) < 4.78 is 0. The largest absolute Gasteiger partial charge is 0.351 e. The van der Waals surface area contributed by atoms with Crippen molar-refractivity contribution < 1.29 is 47.9 Å². The van der Waals surface area contributed by atoms with E-state index in [0.29, 0.717) is 78.9 Å². The van der Waals surface area contributed by atoms with Gasteiger partial charge in [0.05, 0.1) is 0 Å². The molecule has 4 heterocycles. The van der Waals surface area contributed by atoms with Gasteiger partial charge in [0.15, 0.2) is 0 Å². The maximum Gasteiger partial charge on any atom is 0.261 e. The second-order valence-corrected chi connectivity index (χ2v) is 29.6. The number of hydrogen-bond acceptors (Lipinski definition) is 10. The highest BCUT2D eigenvalue weighted by atomic mass is 16.2. The molecule has 5 aliphatic rings. The van der Waals surface area contributed by atoms with Gasteiger partial charge in [-0.25, -0.2) is 0 Å². The summed E-state index contributed by atoms with van der Waals surface area (Å²) in [6, 6.07) is 28.3. The smallest absolute Gasteiger partial charge is 0.261 e. The number of benzene rings is 10. The van der Waals surface area contributed by atoms with E-state index >= 15 is 0 Å². The molecule has 524 valence electrons. The summed E-state index contributed by atoms with van der Waals surface area (Å²) in [7, 11) is 0. The predicted molar refractivity (Wildman–Crippen MR) is 401 cm³/mol. The Morgan fingerprint density at radius 2 is 0.539 bits per heavy atom. The Balaban J connectivity index is 0.608. The molecule has 10 amide bonds. The molecule has 1 aliphatic carbocycles. The lowest BCUT2D eigenvalue weighted by atomic mass is 9.82. The molecular weight excluding hydrogens is 1280 g/mol. The summed E-state index contributed by atoms with van der Waals surface area (Å²) in [6.45, 7) is 8.33. The Morgan fingerprint density at radius 3 is 0.765 bits per heavy atom. The van der Waals surface area contributed by atoms with Gasteiger partial charge in [0.25, 0.3) is 47.3 Å². The van der Waals surface area contributed by atoms with Gasteiger partial charge in [0.2, 0.25) is 11.8 Å². The SMILES string of the molecule is CCCCCCC(CCCCCC)N1C(=O)c2ccc3c4ccc5c6c(ccc(c7ccc(c2c37)C1=O)c64)C(=O)N(CCC(=O)N[C@H]1CCCC[C@@H]1NC(=O)CCN1C(=O)c2ccc3c4ccc6c7c(ccc(c8ccc(c2c38)C1=O)c74)C(=O)N(C(CCCCCC)CCCCCC)C6=O)C5=O. The monoisotopic (exact) mass is 1370 g/mol. The Bertz CT molecular complexity index is 4570. The number of fused-ring (bicyclic) bond motifs is 4. The minimum Gasteiger partial charge on any atom is -0.351 e. The molecule has 2 N–H and O–H groups in total. The van der Waals surface area contributed by atoms with E-state index in [1.165, 1.54) is 0 Å². The van der Waals surface area contributed by atoms with Crippen LogP contribution < -0.4 is 10.6 Å². The maximum atomic E-state index is 14.7. The molecule has 10 aromatic rings. The highest BCUT2D eigenvalue weighted by molar-refractivity contribution is 6.43. The van der Waals surface area contributed by atoms with E-state index in [1.807, 2.05) is 72.8 Å². The van der Waals surface area contributed by atoms with Crippen molar-refractivity contribution in [2.24, 2.45) is 0 Å². The number of nitrogens with zero attached hydrogens (tertiary/aromatic N) is 4. The number of hydrogen-bond donors (Lipinski definition) is 2. The average molecular weight is 1370 g/mol. The van der Waals surface area contributed by atoms with Crippen LogP contribution in [0.3, 0.4) is 0 Å². The predicted octanol–water partition coefficient (Wildman–Crippen LogP) is 17.8. The van der Waals surface area contributed by atoms with Gasteiger partial charge in [-0.3, -0.25) is 67.5 Å². The molecule has 10 aromatic carbocycles. The fraction of sp³-hybridized carbons (Fsp3) is 0.419. The summed E-state index contributed by atoms with van der Waals surface area (Å²) in [4.78, 5) is 151. The fourth-order valence-electron chi connectivity index (χ4n) is 18.2. The van der Waals surface area contributed by atoms with Gasteiger partial charge in [-0.2, -0.15) is 0 Å². The van der Waals surface area contributed by atoms with Crippen LogP contribution in [0.2, 0.25) is 0 Å². The molecule has 0 radical (unpaired) electrons. The molecule has 0 unspecified atom stereocenters. The van der Waals surface area contributed by atoms with Gasteiger partial charge in [-0.1, -0.05) is 192 Å². The maximum absolute atomic E-state index is 14.7. The topological polar surface area (TPSA) is 208 Å². The van der Waals surface area contributed by atoms with Crippen LogP contribution in [0, 0.1) is 0 Å². The van der Waals surface area contributed by atoms with E-state index in [2.05, 4.69) is 38.3 Å². The molecule has 4 aliphatic heterocycles. The van der Waals surface area contributed by atoms with E-state index in [9.17, 15) is 47.9 Å². The zero-order valence-electron chi connectivity index (χ0n) is 59.2. The lowest BCUT2D eigenvalue weighted by Crippen LogP contribution is -2.54. The van der Waals surface area contributed by atoms with E-state index in [0.717, 1.165) is 216 Å². The molecule has 16 nitrogen and oxygen atoms in total. The molecule has 0 aromatic heterocycles. The molecule has 0 bridgehead atoms. The van der Waals surface area contributed by atoms with Crippen molar-refractivity contribution in [1.82, 2.24) is 30.2 Å². The van der Waals surface area contributed by atoms with E-state index < -0.39 is 47.5 Å². The van der Waals surface area contributed by atoms with Gasteiger partial charge >= 0.3 is 0 Å². The Morgan fingerprint density at radius 1 is 0.314 bits per heavy atom. The van der Waals surface area contributed by atoms with Crippen LogP contribution in [-0.4, -0.2) is 116 Å². The number of nitrogens with one attached hydrogen (secondary N) is 2. The quantitative estimate of drug-likeness (QED) is 0.0188. The average Bonchev–Trinajstić information content (AvgIpc) is 0.696. The number of imide groups is 4. The lowest BCUT2D eigenvalue weighted by Gasteiger charge is -2.35. The number of carbonyl (C=O) groups is 10. The van der Waals surface area contributed by atoms with Gasteiger partial charge < -0.3 is 10.6 Å². The summed E-state index contributed by atoms with van der Waals surface area (Å²) >= 11 is 0. The zero-order valence-corrected chi connectivity index (χ0v) is 59.2. The van der Waals surface area contributed by atoms with Crippen LogP contribution in [0.15, 0.2) is 97.1 Å². The minimum atomic E-state index is -0.519. The van der Waals surface area contributed by atoms with Crippen LogP contribution in [0.5, 0.6) is 0 Å². The first kappa shape index (κ1) is 68.1. The first-order valence-electron chi connectivity index (χ1n) is 38.2. The second kappa shape index (κ2) is 28.3. The van der Waals surface area contributed by atoms with Crippen LogP contribution in [0.25, 0.3) is 86.2 Å². The lowest BCUT2D eigenvalue weighted by molar-refractivity contribution is -0.125. The molecule has 2 atom stereocenters. The summed E-state index contributed by atoms with van der Waals surface area (Å²) in [5, 5.41) is 18.1. The van der Waals surface area contributed by atoms with Gasteiger partial charge in [-0.05, 0) is 152 Å². The van der Waals surface area contributed by atoms with Crippen molar-refractivity contribution in [3.05, 3.63) is 142 Å². The van der Waals surface area contributed by atoms with E-state index in [1.54, 1.807) is 34.1 Å². The van der Waals surface area contributed by atoms with Gasteiger partial charge in [0.1, 0.15) is 0 Å². The summed E-state index contributed by atoms with van der Waals surface area (Å²) in [6.07, 6.45) is 22.3. The van der Waals surface area contributed by atoms with Crippen LogP contribution >= 0.6 is 0 Å². The first-order valence-corrected chi connectivity index (χ1v) is 38.2. The minimum absolute atomic E-state index is 0.183. The van der Waals surface area contributed by atoms with E-state index in [-0.39, 0.29) is 61.6 Å². The zero-order chi connectivity index (χ0) is 70.8. The Labute approximate surface area is 593 Å². The highest BCUT2D eigenvalue weighted by Gasteiger charge is 2.43. The number of rotatable bonds is 30. The van der Waals surface area contributed by atoms with Crippen LogP contribution in [0.1, 0.15) is 278 Å². The number of amides is 10. The molecule has 0 saturated heterocycles. The first-order chi connectivity index (χ1) is 49.7. The summed E-state index contributed by atoms with van der Waals surface area (Å²) in [5.41, 5.74) is 3.36. The van der Waals surface area contributed by atoms with Crippen molar-refractivity contribution in [1.29, 1.82) is 0 Å². The molecule has 1 fully saturated rings. The van der Waals surface area contributed by atoms with Crippen molar-refractivity contribution in [3.63, 3.8) is 0 Å². The molecule has 16 heteroatoms. The Kier molecular flexibility index (Phi) is 18.9. The number of unbranched alkanes of at least 4 members (excludes halogenated alkanes) is 12. The highest BCUT2D eigenvalue weighted by Crippen LogP contribution is 2.49. The second-order valence-electron chi connectivity index (χ2n) is 29.6. The van der Waals surface area contributed by atoms with Gasteiger partial charge in [-0.15, -0.1) is 0 Å². The van der Waals surface area contributed by atoms with Crippen molar-refractivity contribution in [2.75, 3.05) is 13.1 Å². The van der Waals surface area contributed by atoms with Crippen molar-refractivity contribution in [2.45, 2.75) is 219 Å². The normalized spacial score (nSPS) is 17.0. The van der Waals surface area contributed by atoms with Crippen LogP contribution in [0.4, 0.5) is 0 Å². The van der Waals surface area contributed by atoms with Crippen molar-refractivity contribution >= 4 is 145 Å².